The fourth-order valence-corrected chi connectivity index (χ4v) is 3.39. The van der Waals surface area contributed by atoms with E-state index in [9.17, 15) is 4.79 Å². The van der Waals surface area contributed by atoms with Gasteiger partial charge < -0.3 is 14.2 Å². The summed E-state index contributed by atoms with van der Waals surface area (Å²) in [7, 11) is 1.56. The number of carbonyl (C=O) groups is 1. The number of nitrogens with zero attached hydrogens (tertiary/aromatic N) is 1. The van der Waals surface area contributed by atoms with Crippen LogP contribution in [0.3, 0.4) is 0 Å². The molecule has 0 aliphatic carbocycles. The zero-order valence-electron chi connectivity index (χ0n) is 15.8. The van der Waals surface area contributed by atoms with Crippen molar-refractivity contribution in [2.75, 3.05) is 33.4 Å². The van der Waals surface area contributed by atoms with E-state index in [4.69, 9.17) is 25.8 Å². The highest BCUT2D eigenvalue weighted by atomic mass is 35.5. The first-order valence-corrected chi connectivity index (χ1v) is 9.29. The SMILES string of the molecule is COc1cccc(Oc2ccc(C(=O)C(C)(C)N3CCOCC3)cc2)c1Cl. The maximum atomic E-state index is 13.0. The molecule has 0 saturated carbocycles. The van der Waals surface area contributed by atoms with Crippen LogP contribution in [0, 0.1) is 0 Å². The first-order chi connectivity index (χ1) is 12.9. The van der Waals surface area contributed by atoms with Crippen LogP contribution in [0.15, 0.2) is 42.5 Å². The molecule has 0 atom stereocenters. The van der Waals surface area contributed by atoms with Crippen LogP contribution in [0.4, 0.5) is 0 Å². The van der Waals surface area contributed by atoms with Gasteiger partial charge in [0.25, 0.3) is 0 Å². The smallest absolute Gasteiger partial charge is 0.182 e. The zero-order chi connectivity index (χ0) is 19.4. The molecule has 0 amide bonds. The average Bonchev–Trinajstić information content (AvgIpc) is 2.70. The molecule has 0 N–H and O–H groups in total. The number of ether oxygens (including phenoxy) is 3. The second-order valence-electron chi connectivity index (χ2n) is 6.89. The largest absolute Gasteiger partial charge is 0.495 e. The van der Waals surface area contributed by atoms with Gasteiger partial charge in [-0.15, -0.1) is 0 Å². The summed E-state index contributed by atoms with van der Waals surface area (Å²) in [6.07, 6.45) is 0. The topological polar surface area (TPSA) is 48.0 Å². The third-order valence-electron chi connectivity index (χ3n) is 4.85. The molecule has 0 radical (unpaired) electrons. The summed E-state index contributed by atoms with van der Waals surface area (Å²) >= 11 is 6.27. The molecule has 1 aliphatic rings. The van der Waals surface area contributed by atoms with Gasteiger partial charge in [0.15, 0.2) is 5.78 Å². The Morgan fingerprint density at radius 1 is 1.07 bits per heavy atom. The van der Waals surface area contributed by atoms with E-state index < -0.39 is 5.54 Å². The van der Waals surface area contributed by atoms with Crippen molar-refractivity contribution in [2.24, 2.45) is 0 Å². The number of halogens is 1. The molecule has 1 aliphatic heterocycles. The van der Waals surface area contributed by atoms with Gasteiger partial charge in [0, 0.05) is 18.7 Å². The van der Waals surface area contributed by atoms with E-state index >= 15 is 0 Å². The Morgan fingerprint density at radius 3 is 2.33 bits per heavy atom. The number of benzene rings is 2. The van der Waals surface area contributed by atoms with Crippen LogP contribution >= 0.6 is 11.6 Å². The lowest BCUT2D eigenvalue weighted by atomic mass is 9.91. The molecular weight excluding hydrogens is 366 g/mol. The van der Waals surface area contributed by atoms with Gasteiger partial charge in [0.05, 0.1) is 25.9 Å². The van der Waals surface area contributed by atoms with Crippen LogP contribution in [0.1, 0.15) is 24.2 Å². The normalized spacial score (nSPS) is 15.4. The predicted molar refractivity (Wildman–Crippen MR) is 105 cm³/mol. The number of rotatable bonds is 6. The number of methoxy groups -OCH3 is 1. The molecule has 144 valence electrons. The van der Waals surface area contributed by atoms with E-state index in [0.29, 0.717) is 41.0 Å². The highest BCUT2D eigenvalue weighted by Crippen LogP contribution is 2.36. The van der Waals surface area contributed by atoms with Crippen molar-refractivity contribution in [2.45, 2.75) is 19.4 Å². The zero-order valence-corrected chi connectivity index (χ0v) is 16.6. The van der Waals surface area contributed by atoms with Gasteiger partial charge in [0.2, 0.25) is 0 Å². The number of morpholine rings is 1. The fourth-order valence-electron chi connectivity index (χ4n) is 3.15. The Hall–Kier alpha value is -2.08. The Bertz CT molecular complexity index is 798. The highest BCUT2D eigenvalue weighted by molar-refractivity contribution is 6.33. The molecule has 3 rings (SSSR count). The highest BCUT2D eigenvalue weighted by Gasteiger charge is 2.35. The summed E-state index contributed by atoms with van der Waals surface area (Å²) in [4.78, 5) is 15.2. The van der Waals surface area contributed by atoms with Crippen molar-refractivity contribution >= 4 is 17.4 Å². The molecule has 0 unspecified atom stereocenters. The molecule has 1 saturated heterocycles. The molecule has 0 aromatic heterocycles. The van der Waals surface area contributed by atoms with Crippen LogP contribution in [-0.2, 0) is 4.74 Å². The van der Waals surface area contributed by atoms with Gasteiger partial charge in [-0.2, -0.15) is 0 Å². The lowest BCUT2D eigenvalue weighted by molar-refractivity contribution is -0.00429. The monoisotopic (exact) mass is 389 g/mol. The standard InChI is InChI=1S/C21H24ClNO4/c1-21(2,23-11-13-26-14-12-23)20(24)15-7-9-16(10-8-15)27-18-6-4-5-17(25-3)19(18)22/h4-10H,11-14H2,1-3H3. The van der Waals surface area contributed by atoms with Gasteiger partial charge in [0.1, 0.15) is 22.3 Å². The Kier molecular flexibility index (Phi) is 6.05. The Labute approximate surface area is 164 Å². The summed E-state index contributed by atoms with van der Waals surface area (Å²) in [5.41, 5.74) is 0.0676. The van der Waals surface area contributed by atoms with Gasteiger partial charge in [-0.25, -0.2) is 0 Å². The van der Waals surface area contributed by atoms with Crippen LogP contribution < -0.4 is 9.47 Å². The second-order valence-corrected chi connectivity index (χ2v) is 7.26. The van der Waals surface area contributed by atoms with E-state index in [1.165, 1.54) is 0 Å². The first-order valence-electron chi connectivity index (χ1n) is 8.91. The van der Waals surface area contributed by atoms with Gasteiger partial charge in [-0.3, -0.25) is 9.69 Å². The molecule has 0 spiro atoms. The second kappa shape index (κ2) is 8.30. The minimum atomic E-state index is -0.581. The van der Waals surface area contributed by atoms with Crippen molar-refractivity contribution < 1.29 is 19.0 Å². The summed E-state index contributed by atoms with van der Waals surface area (Å²) in [5, 5.41) is 0.411. The lowest BCUT2D eigenvalue weighted by Gasteiger charge is -2.39. The Balaban J connectivity index is 1.74. The minimum Gasteiger partial charge on any atom is -0.495 e. The molecule has 0 bridgehead atoms. The van der Waals surface area contributed by atoms with Crippen molar-refractivity contribution in [3.63, 3.8) is 0 Å². The van der Waals surface area contributed by atoms with Crippen molar-refractivity contribution in [1.82, 2.24) is 4.90 Å². The summed E-state index contributed by atoms with van der Waals surface area (Å²) in [6, 6.07) is 12.5. The molecular formula is C21H24ClNO4. The van der Waals surface area contributed by atoms with E-state index in [-0.39, 0.29) is 5.78 Å². The van der Waals surface area contributed by atoms with Crippen molar-refractivity contribution in [3.05, 3.63) is 53.1 Å². The number of Topliss-reactive ketones (excluding diaryl/α,β-unsaturated/α-hetero) is 1. The van der Waals surface area contributed by atoms with Crippen LogP contribution in [0.25, 0.3) is 0 Å². The molecule has 1 heterocycles. The van der Waals surface area contributed by atoms with Crippen molar-refractivity contribution in [1.29, 1.82) is 0 Å². The van der Waals surface area contributed by atoms with E-state index in [1.54, 1.807) is 43.5 Å². The lowest BCUT2D eigenvalue weighted by Crippen LogP contribution is -2.54. The number of carbonyl (C=O) groups excluding carboxylic acids is 1. The van der Waals surface area contributed by atoms with Crippen LogP contribution in [0.5, 0.6) is 17.2 Å². The third-order valence-corrected chi connectivity index (χ3v) is 5.22. The molecule has 1 fully saturated rings. The van der Waals surface area contributed by atoms with Gasteiger partial charge in [-0.05, 0) is 50.2 Å². The molecule has 27 heavy (non-hydrogen) atoms. The molecule has 2 aromatic carbocycles. The summed E-state index contributed by atoms with van der Waals surface area (Å²) in [5.74, 6) is 1.73. The minimum absolute atomic E-state index is 0.0790. The maximum Gasteiger partial charge on any atom is 0.182 e. The fraction of sp³-hybridized carbons (Fsp3) is 0.381. The predicted octanol–water partition coefficient (Wildman–Crippen LogP) is 4.43. The van der Waals surface area contributed by atoms with Crippen LogP contribution in [-0.4, -0.2) is 49.6 Å². The van der Waals surface area contributed by atoms with Gasteiger partial charge >= 0.3 is 0 Å². The maximum absolute atomic E-state index is 13.0. The van der Waals surface area contributed by atoms with Gasteiger partial charge in [-0.1, -0.05) is 17.7 Å². The number of ketones is 1. The first kappa shape index (κ1) is 19.7. The number of hydrogen-bond donors (Lipinski definition) is 0. The molecule has 6 heteroatoms. The summed E-state index contributed by atoms with van der Waals surface area (Å²) < 4.78 is 16.4. The summed E-state index contributed by atoms with van der Waals surface area (Å²) in [6.45, 7) is 6.75. The van der Waals surface area contributed by atoms with E-state index in [1.807, 2.05) is 19.9 Å². The van der Waals surface area contributed by atoms with Crippen molar-refractivity contribution in [3.8, 4) is 17.2 Å². The van der Waals surface area contributed by atoms with E-state index in [2.05, 4.69) is 4.90 Å². The average molecular weight is 390 g/mol. The van der Waals surface area contributed by atoms with E-state index in [0.717, 1.165) is 13.1 Å². The molecule has 2 aromatic rings. The number of hydrogen-bond acceptors (Lipinski definition) is 5. The Morgan fingerprint density at radius 2 is 1.70 bits per heavy atom. The third kappa shape index (κ3) is 4.26. The molecule has 5 nitrogen and oxygen atoms in total. The van der Waals surface area contributed by atoms with Crippen LogP contribution in [0.2, 0.25) is 5.02 Å². The quantitative estimate of drug-likeness (QED) is 0.684.